The number of hydrogen-bond donors (Lipinski definition) is 2. The van der Waals surface area contributed by atoms with Crippen LogP contribution >= 0.6 is 0 Å². The fraction of sp³-hybridized carbons (Fsp3) is 0.640. The number of nitrogens with two attached hydrogens (primary N) is 1. The number of benzene rings is 1. The zero-order valence-electron chi connectivity index (χ0n) is 19.2. The molecule has 1 aliphatic carbocycles. The lowest BCUT2D eigenvalue weighted by molar-refractivity contribution is -0.156. The molecule has 3 rings (SSSR count). The summed E-state index contributed by atoms with van der Waals surface area (Å²) >= 11 is 0. The summed E-state index contributed by atoms with van der Waals surface area (Å²) in [4.78, 5) is 40.6. The van der Waals surface area contributed by atoms with E-state index in [9.17, 15) is 19.5 Å². The number of rotatable bonds is 9. The van der Waals surface area contributed by atoms with Crippen LogP contribution in [-0.2, 0) is 25.5 Å². The van der Waals surface area contributed by atoms with Crippen LogP contribution in [0.3, 0.4) is 0 Å². The molecule has 3 N–H and O–H groups in total. The number of carbonyl (C=O) groups is 3. The highest BCUT2D eigenvalue weighted by molar-refractivity contribution is 5.92. The van der Waals surface area contributed by atoms with Crippen molar-refractivity contribution < 1.29 is 24.2 Å². The van der Waals surface area contributed by atoms with Gasteiger partial charge < -0.3 is 15.6 Å². The van der Waals surface area contributed by atoms with Crippen LogP contribution in [0.4, 0.5) is 0 Å². The highest BCUT2D eigenvalue weighted by Gasteiger charge is 2.60. The number of nitrogens with zero attached hydrogens (tertiary/aromatic N) is 1. The van der Waals surface area contributed by atoms with Crippen molar-refractivity contribution in [2.24, 2.45) is 11.1 Å². The van der Waals surface area contributed by atoms with Crippen molar-refractivity contribution in [1.82, 2.24) is 4.90 Å². The lowest BCUT2D eigenvalue weighted by Gasteiger charge is -2.42. The fourth-order valence-electron chi connectivity index (χ4n) is 5.72. The third-order valence-corrected chi connectivity index (χ3v) is 7.16. The van der Waals surface area contributed by atoms with Crippen molar-refractivity contribution in [2.75, 3.05) is 6.61 Å². The summed E-state index contributed by atoms with van der Waals surface area (Å²) in [5, 5.41) is 10.1. The summed E-state index contributed by atoms with van der Waals surface area (Å²) < 4.78 is 5.38. The Bertz CT molecular complexity index is 804. The van der Waals surface area contributed by atoms with E-state index in [1.807, 2.05) is 30.3 Å². The third-order valence-electron chi connectivity index (χ3n) is 7.16. The minimum Gasteiger partial charge on any atom is -0.480 e. The Morgan fingerprint density at radius 2 is 1.84 bits per heavy atom. The normalized spacial score (nSPS) is 24.7. The number of ether oxygens (including phenoxy) is 1. The number of carboxylic acids is 1. The van der Waals surface area contributed by atoms with Crippen molar-refractivity contribution in [1.29, 1.82) is 0 Å². The molecule has 1 saturated carbocycles. The zero-order chi connectivity index (χ0) is 23.3. The monoisotopic (exact) mass is 444 g/mol. The number of carboxylic acid groups (broad SMARTS) is 1. The SMILES string of the molecule is CCOC(=O)[C@H](CCc1ccccc1)N1C(C(=O)C(C)N)C2(CCCCC2)C[C@H]1C(=O)O. The van der Waals surface area contributed by atoms with E-state index >= 15 is 0 Å². The zero-order valence-corrected chi connectivity index (χ0v) is 19.2. The van der Waals surface area contributed by atoms with Crippen LogP contribution in [0.15, 0.2) is 30.3 Å². The molecule has 1 spiro atoms. The van der Waals surface area contributed by atoms with Crippen molar-refractivity contribution in [3.05, 3.63) is 35.9 Å². The number of ketones is 1. The molecule has 0 amide bonds. The molecule has 4 atom stereocenters. The number of likely N-dealkylation sites (tertiary alicyclic amines) is 1. The predicted octanol–water partition coefficient (Wildman–Crippen LogP) is 2.95. The predicted molar refractivity (Wildman–Crippen MR) is 121 cm³/mol. The van der Waals surface area contributed by atoms with Gasteiger partial charge in [-0.05, 0) is 56.9 Å². The maximum absolute atomic E-state index is 13.4. The lowest BCUT2D eigenvalue weighted by atomic mass is 9.67. The molecule has 2 unspecified atom stereocenters. The van der Waals surface area contributed by atoms with Gasteiger partial charge in [-0.25, -0.2) is 0 Å². The molecule has 7 nitrogen and oxygen atoms in total. The molecule has 1 aromatic rings. The van der Waals surface area contributed by atoms with E-state index in [0.29, 0.717) is 19.3 Å². The van der Waals surface area contributed by atoms with Crippen molar-refractivity contribution in [3.8, 4) is 0 Å². The number of Topliss-reactive ketones (excluding diaryl/α,β-unsaturated/α-hetero) is 1. The van der Waals surface area contributed by atoms with Gasteiger partial charge >= 0.3 is 11.9 Å². The quantitative estimate of drug-likeness (QED) is 0.564. The molecular weight excluding hydrogens is 408 g/mol. The summed E-state index contributed by atoms with van der Waals surface area (Å²) in [6.07, 6.45) is 5.88. The fourth-order valence-corrected chi connectivity index (χ4v) is 5.72. The number of aliphatic carboxylic acids is 1. The first-order chi connectivity index (χ1) is 15.3. The molecule has 2 aliphatic rings. The van der Waals surface area contributed by atoms with E-state index in [-0.39, 0.29) is 12.4 Å². The second kappa shape index (κ2) is 10.6. The highest BCUT2D eigenvalue weighted by Crippen LogP contribution is 2.52. The summed E-state index contributed by atoms with van der Waals surface area (Å²) in [6, 6.07) is 6.62. The highest BCUT2D eigenvalue weighted by atomic mass is 16.5. The largest absolute Gasteiger partial charge is 0.480 e. The molecule has 1 heterocycles. The first-order valence-corrected chi connectivity index (χ1v) is 11.8. The van der Waals surface area contributed by atoms with Gasteiger partial charge in [-0.15, -0.1) is 0 Å². The van der Waals surface area contributed by atoms with Gasteiger partial charge in [-0.1, -0.05) is 49.6 Å². The van der Waals surface area contributed by atoms with Crippen molar-refractivity contribution in [2.45, 2.75) is 89.4 Å². The molecular formula is C25H36N2O5. The Morgan fingerprint density at radius 1 is 1.19 bits per heavy atom. The van der Waals surface area contributed by atoms with Gasteiger partial charge in [0.05, 0.1) is 18.7 Å². The Kier molecular flexibility index (Phi) is 8.06. The maximum atomic E-state index is 13.4. The van der Waals surface area contributed by atoms with Crippen LogP contribution in [0.25, 0.3) is 0 Å². The Hall–Kier alpha value is -2.25. The molecule has 1 saturated heterocycles. The van der Waals surface area contributed by atoms with Gasteiger partial charge in [0.1, 0.15) is 12.1 Å². The van der Waals surface area contributed by atoms with Gasteiger partial charge in [-0.2, -0.15) is 0 Å². The van der Waals surface area contributed by atoms with Crippen LogP contribution in [0, 0.1) is 5.41 Å². The number of esters is 1. The van der Waals surface area contributed by atoms with Crippen molar-refractivity contribution in [3.63, 3.8) is 0 Å². The summed E-state index contributed by atoms with van der Waals surface area (Å²) in [7, 11) is 0. The third kappa shape index (κ3) is 5.04. The summed E-state index contributed by atoms with van der Waals surface area (Å²) in [5.41, 5.74) is 6.65. The van der Waals surface area contributed by atoms with E-state index in [0.717, 1.165) is 37.7 Å². The number of hydrogen-bond acceptors (Lipinski definition) is 6. The Labute approximate surface area is 190 Å². The minimum atomic E-state index is -0.996. The second-order valence-corrected chi connectivity index (χ2v) is 9.31. The van der Waals surface area contributed by atoms with E-state index in [2.05, 4.69) is 0 Å². The van der Waals surface area contributed by atoms with Gasteiger partial charge in [0.15, 0.2) is 5.78 Å². The molecule has 1 aliphatic heterocycles. The Balaban J connectivity index is 2.02. The first-order valence-electron chi connectivity index (χ1n) is 11.8. The van der Waals surface area contributed by atoms with Gasteiger partial charge in [0, 0.05) is 0 Å². The number of carbonyl (C=O) groups excluding carboxylic acids is 2. The van der Waals surface area contributed by atoms with Crippen molar-refractivity contribution >= 4 is 17.7 Å². The molecule has 1 aromatic carbocycles. The molecule has 0 radical (unpaired) electrons. The number of aryl methyl sites for hydroxylation is 1. The standard InChI is InChI=1S/C25H36N2O5/c1-3-32-24(31)19(13-12-18-10-6-4-7-11-18)27-20(23(29)30)16-25(14-8-5-9-15-25)22(27)21(28)17(2)26/h4,6-7,10-11,17,19-20,22H,3,5,8-9,12-16,26H2,1-2H3,(H,29,30)/t17?,19-,20-,22?/m0/s1. The minimum absolute atomic E-state index is 0.176. The van der Waals surface area contributed by atoms with E-state index < -0.39 is 41.5 Å². The van der Waals surface area contributed by atoms with Crippen LogP contribution < -0.4 is 5.73 Å². The van der Waals surface area contributed by atoms with Crippen LogP contribution in [0.5, 0.6) is 0 Å². The molecule has 0 aromatic heterocycles. The average Bonchev–Trinajstić information content (AvgIpc) is 3.09. The first kappa shape index (κ1) is 24.4. The van der Waals surface area contributed by atoms with Crippen LogP contribution in [0.1, 0.15) is 64.4 Å². The van der Waals surface area contributed by atoms with E-state index in [1.165, 1.54) is 0 Å². The molecule has 32 heavy (non-hydrogen) atoms. The maximum Gasteiger partial charge on any atom is 0.323 e. The second-order valence-electron chi connectivity index (χ2n) is 9.31. The lowest BCUT2D eigenvalue weighted by Crippen LogP contribution is -2.58. The summed E-state index contributed by atoms with van der Waals surface area (Å²) in [5.74, 6) is -1.64. The van der Waals surface area contributed by atoms with E-state index in [1.54, 1.807) is 18.7 Å². The van der Waals surface area contributed by atoms with Gasteiger partial charge in [0.2, 0.25) is 0 Å². The van der Waals surface area contributed by atoms with Gasteiger partial charge in [-0.3, -0.25) is 19.3 Å². The Morgan fingerprint density at radius 3 is 2.41 bits per heavy atom. The smallest absolute Gasteiger partial charge is 0.323 e. The van der Waals surface area contributed by atoms with Gasteiger partial charge in [0.25, 0.3) is 0 Å². The van der Waals surface area contributed by atoms with Crippen LogP contribution in [-0.4, -0.2) is 58.5 Å². The van der Waals surface area contributed by atoms with Crippen LogP contribution in [0.2, 0.25) is 0 Å². The summed E-state index contributed by atoms with van der Waals surface area (Å²) in [6.45, 7) is 3.58. The van der Waals surface area contributed by atoms with E-state index in [4.69, 9.17) is 10.5 Å². The molecule has 0 bridgehead atoms. The molecule has 176 valence electrons. The molecule has 2 fully saturated rings. The average molecular weight is 445 g/mol. The molecule has 7 heteroatoms. The topological polar surface area (TPSA) is 110 Å².